The number of nitrogens with one attached hydrogen (secondary N) is 1. The van der Waals surface area contributed by atoms with Gasteiger partial charge in [0.05, 0.1) is 12.2 Å². The summed E-state index contributed by atoms with van der Waals surface area (Å²) < 4.78 is 1.80. The highest BCUT2D eigenvalue weighted by Gasteiger charge is 2.33. The molecule has 0 aromatic carbocycles. The molecule has 0 radical (unpaired) electrons. The first-order valence-corrected chi connectivity index (χ1v) is 5.32. The number of hydrogen-bond acceptors (Lipinski definition) is 3. The van der Waals surface area contributed by atoms with E-state index in [1.807, 2.05) is 20.0 Å². The third kappa shape index (κ3) is 2.61. The summed E-state index contributed by atoms with van der Waals surface area (Å²) in [7, 11) is 1.66. The van der Waals surface area contributed by atoms with Crippen LogP contribution in [0.2, 0.25) is 0 Å². The Morgan fingerprint density at radius 1 is 1.75 bits per heavy atom. The zero-order valence-electron chi connectivity index (χ0n) is 10.2. The van der Waals surface area contributed by atoms with Crippen LogP contribution in [0.5, 0.6) is 0 Å². The first kappa shape index (κ1) is 12.7. The molecular weight excluding hydrogens is 206 g/mol. The molecule has 2 N–H and O–H groups in total. The van der Waals surface area contributed by atoms with Crippen molar-refractivity contribution < 1.29 is 9.90 Å². The summed E-state index contributed by atoms with van der Waals surface area (Å²) in [6.45, 7) is 5.61. The van der Waals surface area contributed by atoms with Crippen LogP contribution in [-0.4, -0.2) is 33.4 Å². The van der Waals surface area contributed by atoms with E-state index in [0.29, 0.717) is 6.42 Å². The van der Waals surface area contributed by atoms with Gasteiger partial charge < -0.3 is 10.4 Å². The van der Waals surface area contributed by atoms with Crippen LogP contribution in [0.1, 0.15) is 31.9 Å². The molecule has 90 valence electrons. The van der Waals surface area contributed by atoms with Crippen molar-refractivity contribution in [2.75, 3.05) is 7.05 Å². The molecule has 1 aromatic heterocycles. The lowest BCUT2D eigenvalue weighted by molar-refractivity contribution is -0.144. The van der Waals surface area contributed by atoms with Gasteiger partial charge in [-0.05, 0) is 39.8 Å². The Morgan fingerprint density at radius 2 is 2.38 bits per heavy atom. The molecule has 5 heteroatoms. The molecule has 5 nitrogen and oxygen atoms in total. The molecule has 1 aromatic rings. The fraction of sp³-hybridized carbons (Fsp3) is 0.636. The highest BCUT2D eigenvalue weighted by Crippen LogP contribution is 2.20. The van der Waals surface area contributed by atoms with Gasteiger partial charge >= 0.3 is 5.97 Å². The van der Waals surface area contributed by atoms with Gasteiger partial charge in [0.2, 0.25) is 0 Å². The van der Waals surface area contributed by atoms with E-state index in [0.717, 1.165) is 5.56 Å². The molecule has 0 spiro atoms. The average Bonchev–Trinajstić information content (AvgIpc) is 2.64. The molecule has 1 rings (SSSR count). The molecule has 0 amide bonds. The minimum Gasteiger partial charge on any atom is -0.480 e. The standard InChI is InChI=1S/C11H19N3O2/c1-8-6-13-14(7-8)9(2)5-11(3,12-4)10(15)16/h6-7,9,12H,5H2,1-4H3,(H,15,16). The molecule has 0 aliphatic carbocycles. The van der Waals surface area contributed by atoms with Crippen LogP contribution in [0.25, 0.3) is 0 Å². The zero-order chi connectivity index (χ0) is 12.3. The number of carboxylic acids is 1. The number of nitrogens with zero attached hydrogens (tertiary/aromatic N) is 2. The summed E-state index contributed by atoms with van der Waals surface area (Å²) in [6, 6.07) is 0.0437. The lowest BCUT2D eigenvalue weighted by Gasteiger charge is -2.27. The molecule has 0 saturated heterocycles. The Kier molecular flexibility index (Phi) is 3.70. The van der Waals surface area contributed by atoms with Gasteiger partial charge in [-0.15, -0.1) is 0 Å². The van der Waals surface area contributed by atoms with Crippen LogP contribution in [0.3, 0.4) is 0 Å². The summed E-state index contributed by atoms with van der Waals surface area (Å²) in [5, 5.41) is 16.2. The molecule has 0 saturated carbocycles. The largest absolute Gasteiger partial charge is 0.480 e. The Hall–Kier alpha value is -1.36. The fourth-order valence-electron chi connectivity index (χ4n) is 1.65. The summed E-state index contributed by atoms with van der Waals surface area (Å²) in [5.41, 5.74) is 0.160. The van der Waals surface area contributed by atoms with Gasteiger partial charge in [0.1, 0.15) is 5.54 Å². The second-order valence-corrected chi connectivity index (χ2v) is 4.44. The van der Waals surface area contributed by atoms with Gasteiger partial charge in [0.15, 0.2) is 0 Å². The number of aryl methyl sites for hydroxylation is 1. The predicted octanol–water partition coefficient (Wildman–Crippen LogP) is 1.21. The van der Waals surface area contributed by atoms with E-state index in [1.54, 1.807) is 24.9 Å². The Bertz CT molecular complexity index is 375. The third-order valence-corrected chi connectivity index (χ3v) is 2.91. The number of aromatic nitrogens is 2. The van der Waals surface area contributed by atoms with Crippen LogP contribution < -0.4 is 5.32 Å². The number of aliphatic carboxylic acids is 1. The number of hydrogen-bond donors (Lipinski definition) is 2. The molecule has 2 unspecified atom stereocenters. The SMILES string of the molecule is CNC(C)(CC(C)n1cc(C)cn1)C(=O)O. The summed E-state index contributed by atoms with van der Waals surface area (Å²) >= 11 is 0. The molecular formula is C11H19N3O2. The number of rotatable bonds is 5. The summed E-state index contributed by atoms with van der Waals surface area (Å²) in [6.07, 6.45) is 4.18. The predicted molar refractivity (Wildman–Crippen MR) is 61.4 cm³/mol. The zero-order valence-corrected chi connectivity index (χ0v) is 10.2. The maximum atomic E-state index is 11.1. The molecule has 1 heterocycles. The van der Waals surface area contributed by atoms with Crippen LogP contribution in [0.15, 0.2) is 12.4 Å². The van der Waals surface area contributed by atoms with Crippen LogP contribution in [0, 0.1) is 6.92 Å². The average molecular weight is 225 g/mol. The highest BCUT2D eigenvalue weighted by atomic mass is 16.4. The van der Waals surface area contributed by atoms with Gasteiger partial charge in [0, 0.05) is 6.20 Å². The molecule has 0 aliphatic rings. The van der Waals surface area contributed by atoms with E-state index >= 15 is 0 Å². The topological polar surface area (TPSA) is 67.2 Å². The first-order valence-electron chi connectivity index (χ1n) is 5.32. The van der Waals surface area contributed by atoms with Gasteiger partial charge in [-0.3, -0.25) is 9.48 Å². The van der Waals surface area contributed by atoms with E-state index in [2.05, 4.69) is 10.4 Å². The van der Waals surface area contributed by atoms with Gasteiger partial charge in [-0.1, -0.05) is 0 Å². The minimum atomic E-state index is -0.917. The molecule has 0 fully saturated rings. The van der Waals surface area contributed by atoms with E-state index in [4.69, 9.17) is 5.11 Å². The van der Waals surface area contributed by atoms with Gasteiger partial charge in [-0.25, -0.2) is 0 Å². The van der Waals surface area contributed by atoms with Crippen LogP contribution >= 0.6 is 0 Å². The monoisotopic (exact) mass is 225 g/mol. The van der Waals surface area contributed by atoms with Crippen LogP contribution in [0.4, 0.5) is 0 Å². The Balaban J connectivity index is 2.77. The van der Waals surface area contributed by atoms with Crippen molar-refractivity contribution in [2.45, 2.75) is 38.8 Å². The normalized spacial score (nSPS) is 16.8. The van der Waals surface area contributed by atoms with Crippen molar-refractivity contribution >= 4 is 5.97 Å². The quantitative estimate of drug-likeness (QED) is 0.790. The van der Waals surface area contributed by atoms with E-state index in [9.17, 15) is 4.79 Å². The Morgan fingerprint density at radius 3 is 2.75 bits per heavy atom. The minimum absolute atomic E-state index is 0.0437. The van der Waals surface area contributed by atoms with Crippen LogP contribution in [-0.2, 0) is 4.79 Å². The van der Waals surface area contributed by atoms with Crippen molar-refractivity contribution in [1.29, 1.82) is 0 Å². The molecule has 0 aliphatic heterocycles. The highest BCUT2D eigenvalue weighted by molar-refractivity contribution is 5.78. The lowest BCUT2D eigenvalue weighted by Crippen LogP contribution is -2.48. The van der Waals surface area contributed by atoms with Gasteiger partial charge in [-0.2, -0.15) is 5.10 Å². The molecule has 16 heavy (non-hydrogen) atoms. The van der Waals surface area contributed by atoms with Gasteiger partial charge in [0.25, 0.3) is 0 Å². The Labute approximate surface area is 95.5 Å². The summed E-state index contributed by atoms with van der Waals surface area (Å²) in [5.74, 6) is -0.842. The second kappa shape index (κ2) is 4.65. The fourth-order valence-corrected chi connectivity index (χ4v) is 1.65. The molecule has 0 bridgehead atoms. The smallest absolute Gasteiger partial charge is 0.323 e. The third-order valence-electron chi connectivity index (χ3n) is 2.91. The first-order chi connectivity index (χ1) is 7.39. The van der Waals surface area contributed by atoms with Crippen molar-refractivity contribution in [3.8, 4) is 0 Å². The summed E-state index contributed by atoms with van der Waals surface area (Å²) in [4.78, 5) is 11.1. The number of carbonyl (C=O) groups is 1. The maximum Gasteiger partial charge on any atom is 0.323 e. The van der Waals surface area contributed by atoms with Crippen molar-refractivity contribution in [3.63, 3.8) is 0 Å². The number of likely N-dealkylation sites (N-methyl/N-ethyl adjacent to an activating group) is 1. The lowest BCUT2D eigenvalue weighted by atomic mass is 9.94. The number of carboxylic acid groups (broad SMARTS) is 1. The van der Waals surface area contributed by atoms with E-state index in [1.165, 1.54) is 0 Å². The van der Waals surface area contributed by atoms with E-state index < -0.39 is 11.5 Å². The molecule has 2 atom stereocenters. The van der Waals surface area contributed by atoms with Crippen molar-refractivity contribution in [2.24, 2.45) is 0 Å². The second-order valence-electron chi connectivity index (χ2n) is 4.44. The van der Waals surface area contributed by atoms with Crippen molar-refractivity contribution in [1.82, 2.24) is 15.1 Å². The van der Waals surface area contributed by atoms with Crippen molar-refractivity contribution in [3.05, 3.63) is 18.0 Å². The van der Waals surface area contributed by atoms with E-state index in [-0.39, 0.29) is 6.04 Å². The maximum absolute atomic E-state index is 11.1.